The summed E-state index contributed by atoms with van der Waals surface area (Å²) in [6.45, 7) is 7.34. The molecule has 1 saturated heterocycles. The van der Waals surface area contributed by atoms with Gasteiger partial charge in [-0.1, -0.05) is 35.7 Å². The van der Waals surface area contributed by atoms with Crippen LogP contribution in [0, 0.1) is 5.41 Å². The lowest BCUT2D eigenvalue weighted by Crippen LogP contribution is -2.44. The third-order valence-electron chi connectivity index (χ3n) is 4.97. The first kappa shape index (κ1) is 15.3. The van der Waals surface area contributed by atoms with Crippen LogP contribution in [0.5, 0.6) is 0 Å². The van der Waals surface area contributed by atoms with Crippen molar-refractivity contribution in [2.24, 2.45) is 5.41 Å². The van der Waals surface area contributed by atoms with Gasteiger partial charge in [0.25, 0.3) is 0 Å². The summed E-state index contributed by atoms with van der Waals surface area (Å²) in [4.78, 5) is 17.5. The Morgan fingerprint density at radius 3 is 2.47 bits per heavy atom. The molecular formula is C15H27BrN2O. The molecule has 3 nitrogen and oxygen atoms in total. The fraction of sp³-hybridized carbons (Fsp3) is 0.933. The number of alkyl halides is 1. The molecule has 4 heteroatoms. The van der Waals surface area contributed by atoms with Crippen LogP contribution in [0.3, 0.4) is 0 Å². The largest absolute Gasteiger partial charge is 0.341 e. The normalized spacial score (nSPS) is 24.4. The van der Waals surface area contributed by atoms with Gasteiger partial charge in [-0.05, 0) is 32.2 Å². The van der Waals surface area contributed by atoms with Crippen molar-refractivity contribution < 1.29 is 4.79 Å². The number of rotatable bonds is 4. The fourth-order valence-electron chi connectivity index (χ4n) is 3.62. The van der Waals surface area contributed by atoms with Crippen LogP contribution in [0.1, 0.15) is 45.4 Å². The van der Waals surface area contributed by atoms with Crippen molar-refractivity contribution in [2.75, 3.05) is 38.1 Å². The highest BCUT2D eigenvalue weighted by molar-refractivity contribution is 9.09. The van der Waals surface area contributed by atoms with Gasteiger partial charge in [-0.2, -0.15) is 0 Å². The molecule has 2 rings (SSSR count). The van der Waals surface area contributed by atoms with Crippen LogP contribution >= 0.6 is 15.9 Å². The molecule has 0 bridgehead atoms. The van der Waals surface area contributed by atoms with Crippen molar-refractivity contribution in [3.05, 3.63) is 0 Å². The summed E-state index contributed by atoms with van der Waals surface area (Å²) < 4.78 is 0. The predicted octanol–water partition coefficient (Wildman–Crippen LogP) is 2.89. The van der Waals surface area contributed by atoms with Crippen molar-refractivity contribution in [3.63, 3.8) is 0 Å². The van der Waals surface area contributed by atoms with Crippen LogP contribution in [-0.2, 0) is 4.79 Å². The van der Waals surface area contributed by atoms with Crippen molar-refractivity contribution in [2.45, 2.75) is 45.4 Å². The summed E-state index contributed by atoms with van der Waals surface area (Å²) in [6.07, 6.45) is 6.85. The van der Waals surface area contributed by atoms with Crippen molar-refractivity contribution >= 4 is 21.8 Å². The number of amides is 1. The molecule has 2 aliphatic rings. The van der Waals surface area contributed by atoms with E-state index in [1.165, 1.54) is 12.8 Å². The maximum atomic E-state index is 12.9. The van der Waals surface area contributed by atoms with Crippen LogP contribution < -0.4 is 0 Å². The molecule has 1 aliphatic heterocycles. The lowest BCUT2D eigenvalue weighted by atomic mass is 9.82. The van der Waals surface area contributed by atoms with E-state index in [1.807, 2.05) is 0 Å². The number of carbonyl (C=O) groups excluding carboxylic acids is 1. The van der Waals surface area contributed by atoms with Crippen LogP contribution in [0.2, 0.25) is 0 Å². The second-order valence-corrected chi connectivity index (χ2v) is 6.81. The lowest BCUT2D eigenvalue weighted by molar-refractivity contribution is -0.142. The van der Waals surface area contributed by atoms with E-state index in [-0.39, 0.29) is 5.41 Å². The Balaban J connectivity index is 1.95. The van der Waals surface area contributed by atoms with Gasteiger partial charge in [0.2, 0.25) is 5.91 Å². The van der Waals surface area contributed by atoms with E-state index in [0.717, 1.165) is 63.7 Å². The summed E-state index contributed by atoms with van der Waals surface area (Å²) in [5.74, 6) is 0.452. The van der Waals surface area contributed by atoms with Crippen molar-refractivity contribution in [3.8, 4) is 0 Å². The van der Waals surface area contributed by atoms with Gasteiger partial charge < -0.3 is 9.80 Å². The van der Waals surface area contributed by atoms with E-state index >= 15 is 0 Å². The SMILES string of the molecule is CCC1(C(=O)N2CCCN(CCBr)CC2)CCCC1. The fourth-order valence-corrected chi connectivity index (χ4v) is 4.12. The zero-order chi connectivity index (χ0) is 13.7. The second-order valence-electron chi connectivity index (χ2n) is 6.02. The summed E-state index contributed by atoms with van der Waals surface area (Å²) in [5.41, 5.74) is -0.00933. The monoisotopic (exact) mass is 330 g/mol. The maximum Gasteiger partial charge on any atom is 0.228 e. The molecule has 0 N–H and O–H groups in total. The average Bonchev–Trinajstić information content (AvgIpc) is 2.80. The van der Waals surface area contributed by atoms with Crippen molar-refractivity contribution in [1.29, 1.82) is 0 Å². The standard InChI is InChI=1S/C15H27BrN2O/c1-2-15(6-3-4-7-15)14(19)18-10-5-9-17(11-8-16)12-13-18/h2-13H2,1H3. The number of hydrogen-bond acceptors (Lipinski definition) is 2. The minimum absolute atomic E-state index is 0.00933. The van der Waals surface area contributed by atoms with Gasteiger partial charge in [-0.3, -0.25) is 4.79 Å². The minimum Gasteiger partial charge on any atom is -0.341 e. The molecular weight excluding hydrogens is 304 g/mol. The van der Waals surface area contributed by atoms with Crippen LogP contribution in [0.4, 0.5) is 0 Å². The zero-order valence-corrected chi connectivity index (χ0v) is 13.8. The summed E-state index contributed by atoms with van der Waals surface area (Å²) in [5, 5.41) is 1.03. The molecule has 2 fully saturated rings. The predicted molar refractivity (Wildman–Crippen MR) is 82.6 cm³/mol. The lowest BCUT2D eigenvalue weighted by Gasteiger charge is -2.33. The Kier molecular flexibility index (Phi) is 5.70. The third kappa shape index (κ3) is 3.52. The number of hydrogen-bond donors (Lipinski definition) is 0. The van der Waals surface area contributed by atoms with E-state index in [9.17, 15) is 4.79 Å². The van der Waals surface area contributed by atoms with E-state index in [0.29, 0.717) is 5.91 Å². The Hall–Kier alpha value is -0.0900. The first-order valence-electron chi connectivity index (χ1n) is 7.79. The van der Waals surface area contributed by atoms with Gasteiger partial charge in [0.1, 0.15) is 0 Å². The average molecular weight is 331 g/mol. The first-order valence-corrected chi connectivity index (χ1v) is 8.92. The highest BCUT2D eigenvalue weighted by atomic mass is 79.9. The van der Waals surface area contributed by atoms with Gasteiger partial charge in [0.15, 0.2) is 0 Å². The molecule has 0 radical (unpaired) electrons. The minimum atomic E-state index is -0.00933. The molecule has 0 atom stereocenters. The molecule has 0 unspecified atom stereocenters. The Labute approximate surface area is 125 Å². The summed E-state index contributed by atoms with van der Waals surface area (Å²) in [6, 6.07) is 0. The molecule has 1 saturated carbocycles. The number of carbonyl (C=O) groups is 1. The molecule has 0 aromatic rings. The highest BCUT2D eigenvalue weighted by Crippen LogP contribution is 2.42. The molecule has 0 spiro atoms. The topological polar surface area (TPSA) is 23.6 Å². The van der Waals surface area contributed by atoms with Gasteiger partial charge in [0, 0.05) is 36.9 Å². The summed E-state index contributed by atoms with van der Waals surface area (Å²) in [7, 11) is 0. The molecule has 0 aromatic carbocycles. The number of halogens is 1. The highest BCUT2D eigenvalue weighted by Gasteiger charge is 2.41. The van der Waals surface area contributed by atoms with E-state index in [2.05, 4.69) is 32.7 Å². The molecule has 1 aliphatic carbocycles. The number of nitrogens with zero attached hydrogens (tertiary/aromatic N) is 2. The van der Waals surface area contributed by atoms with Gasteiger partial charge in [-0.15, -0.1) is 0 Å². The third-order valence-corrected chi connectivity index (χ3v) is 5.32. The molecule has 110 valence electrons. The van der Waals surface area contributed by atoms with Gasteiger partial charge in [-0.25, -0.2) is 0 Å². The second kappa shape index (κ2) is 7.07. The Morgan fingerprint density at radius 1 is 1.11 bits per heavy atom. The molecule has 19 heavy (non-hydrogen) atoms. The van der Waals surface area contributed by atoms with Gasteiger partial charge in [0.05, 0.1) is 0 Å². The quantitative estimate of drug-likeness (QED) is 0.740. The van der Waals surface area contributed by atoms with Crippen LogP contribution in [0.15, 0.2) is 0 Å². The molecule has 1 heterocycles. The Morgan fingerprint density at radius 2 is 1.84 bits per heavy atom. The van der Waals surface area contributed by atoms with E-state index in [4.69, 9.17) is 0 Å². The van der Waals surface area contributed by atoms with Gasteiger partial charge >= 0.3 is 0 Å². The van der Waals surface area contributed by atoms with Crippen LogP contribution in [-0.4, -0.2) is 53.8 Å². The first-order chi connectivity index (χ1) is 9.22. The zero-order valence-electron chi connectivity index (χ0n) is 12.2. The van der Waals surface area contributed by atoms with Crippen molar-refractivity contribution in [1.82, 2.24) is 9.80 Å². The van der Waals surface area contributed by atoms with Crippen LogP contribution in [0.25, 0.3) is 0 Å². The smallest absolute Gasteiger partial charge is 0.228 e. The summed E-state index contributed by atoms with van der Waals surface area (Å²) >= 11 is 3.51. The van der Waals surface area contributed by atoms with E-state index in [1.54, 1.807) is 0 Å². The molecule has 1 amide bonds. The Bertz CT molecular complexity index is 303. The maximum absolute atomic E-state index is 12.9. The molecule has 0 aromatic heterocycles. The van der Waals surface area contributed by atoms with E-state index < -0.39 is 0 Å².